The Kier molecular flexibility index (Phi) is 7.41. The Labute approximate surface area is 163 Å². The Morgan fingerprint density at radius 3 is 2.63 bits per heavy atom. The van der Waals surface area contributed by atoms with E-state index < -0.39 is 6.10 Å². The molecule has 2 aromatic rings. The van der Waals surface area contributed by atoms with Crippen molar-refractivity contribution in [2.45, 2.75) is 44.6 Å². The van der Waals surface area contributed by atoms with Gasteiger partial charge in [0.15, 0.2) is 0 Å². The van der Waals surface area contributed by atoms with E-state index in [1.807, 2.05) is 0 Å². The van der Waals surface area contributed by atoms with Crippen molar-refractivity contribution in [3.8, 4) is 0 Å². The first-order valence-corrected chi connectivity index (χ1v) is 9.92. The summed E-state index contributed by atoms with van der Waals surface area (Å²) in [6, 6.07) is 17.1. The van der Waals surface area contributed by atoms with Crippen LogP contribution in [-0.4, -0.2) is 43.4 Å². The van der Waals surface area contributed by atoms with Gasteiger partial charge in [0.25, 0.3) is 0 Å². The first kappa shape index (κ1) is 20.0. The minimum atomic E-state index is -0.493. The summed E-state index contributed by atoms with van der Waals surface area (Å²) in [5.41, 5.74) is 5.22. The summed E-state index contributed by atoms with van der Waals surface area (Å²) in [6.07, 6.45) is 2.95. The smallest absolute Gasteiger partial charge is 0.0898 e. The van der Waals surface area contributed by atoms with E-state index in [9.17, 15) is 5.11 Å². The van der Waals surface area contributed by atoms with Gasteiger partial charge < -0.3 is 20.1 Å². The van der Waals surface area contributed by atoms with Gasteiger partial charge in [0.05, 0.1) is 18.8 Å². The molecule has 2 atom stereocenters. The number of ether oxygens (including phenoxy) is 1. The quantitative estimate of drug-likeness (QED) is 0.713. The van der Waals surface area contributed by atoms with Crippen LogP contribution in [-0.2, 0) is 24.2 Å². The van der Waals surface area contributed by atoms with Crippen LogP contribution in [0.3, 0.4) is 0 Å². The van der Waals surface area contributed by atoms with Gasteiger partial charge in [-0.15, -0.1) is 0 Å². The number of aliphatic hydroxyl groups is 1. The van der Waals surface area contributed by atoms with E-state index in [-0.39, 0.29) is 6.10 Å². The summed E-state index contributed by atoms with van der Waals surface area (Å²) in [5.74, 6) is 0. The molecule has 2 aromatic carbocycles. The Bertz CT molecular complexity index is 700. The van der Waals surface area contributed by atoms with E-state index in [0.717, 1.165) is 32.4 Å². The van der Waals surface area contributed by atoms with Gasteiger partial charge >= 0.3 is 0 Å². The van der Waals surface area contributed by atoms with Crippen LogP contribution in [0, 0.1) is 0 Å². The van der Waals surface area contributed by atoms with Crippen LogP contribution >= 0.6 is 0 Å². The molecule has 2 unspecified atom stereocenters. The molecule has 4 heteroatoms. The molecule has 0 radical (unpaired) electrons. The van der Waals surface area contributed by atoms with E-state index in [1.54, 1.807) is 0 Å². The first-order valence-electron chi connectivity index (χ1n) is 9.92. The fourth-order valence-electron chi connectivity index (χ4n) is 3.68. The van der Waals surface area contributed by atoms with Crippen molar-refractivity contribution in [1.29, 1.82) is 0 Å². The summed E-state index contributed by atoms with van der Waals surface area (Å²) in [7, 11) is 4.15. The van der Waals surface area contributed by atoms with Gasteiger partial charge in [-0.1, -0.05) is 48.5 Å². The lowest BCUT2D eigenvalue weighted by Crippen LogP contribution is -2.31. The molecule has 3 rings (SSSR count). The van der Waals surface area contributed by atoms with Gasteiger partial charge in [-0.25, -0.2) is 0 Å². The van der Waals surface area contributed by atoms with Crippen LogP contribution in [0.15, 0.2) is 48.5 Å². The van der Waals surface area contributed by atoms with Crippen LogP contribution in [0.1, 0.15) is 41.2 Å². The van der Waals surface area contributed by atoms with Crippen molar-refractivity contribution < 1.29 is 9.84 Å². The minimum absolute atomic E-state index is 0.119. The number of hydrogen-bond acceptors (Lipinski definition) is 4. The van der Waals surface area contributed by atoms with E-state index in [2.05, 4.69) is 72.8 Å². The zero-order chi connectivity index (χ0) is 19.1. The van der Waals surface area contributed by atoms with Crippen LogP contribution in [0.4, 0.5) is 0 Å². The molecular weight excluding hydrogens is 336 g/mol. The van der Waals surface area contributed by atoms with Gasteiger partial charge in [-0.05, 0) is 55.6 Å². The van der Waals surface area contributed by atoms with E-state index in [1.165, 1.54) is 22.3 Å². The molecule has 1 aliphatic carbocycles. The fourth-order valence-corrected chi connectivity index (χ4v) is 3.68. The van der Waals surface area contributed by atoms with Gasteiger partial charge in [0, 0.05) is 19.6 Å². The number of hydrogen-bond donors (Lipinski definition) is 2. The van der Waals surface area contributed by atoms with Crippen molar-refractivity contribution in [2.24, 2.45) is 0 Å². The number of aliphatic hydroxyl groups excluding tert-OH is 1. The second-order valence-electron chi connectivity index (χ2n) is 7.75. The average molecular weight is 369 g/mol. The third kappa shape index (κ3) is 6.15. The summed E-state index contributed by atoms with van der Waals surface area (Å²) in [4.78, 5) is 2.16. The van der Waals surface area contributed by atoms with Crippen molar-refractivity contribution in [3.63, 3.8) is 0 Å². The molecule has 27 heavy (non-hydrogen) atoms. The van der Waals surface area contributed by atoms with Crippen molar-refractivity contribution in [2.75, 3.05) is 27.2 Å². The number of aryl methyl sites for hydroxylation is 1. The Hall–Kier alpha value is -1.72. The van der Waals surface area contributed by atoms with Crippen LogP contribution in [0.25, 0.3) is 0 Å². The van der Waals surface area contributed by atoms with Gasteiger partial charge in [0.2, 0.25) is 0 Å². The molecule has 4 nitrogen and oxygen atoms in total. The molecular formula is C23H32N2O2. The number of fused-ring (bicyclic) bond motifs is 1. The summed E-state index contributed by atoms with van der Waals surface area (Å²) < 4.78 is 6.03. The molecule has 0 saturated carbocycles. The Morgan fingerprint density at radius 1 is 1.11 bits per heavy atom. The largest absolute Gasteiger partial charge is 0.389 e. The van der Waals surface area contributed by atoms with Crippen LogP contribution < -0.4 is 5.32 Å². The van der Waals surface area contributed by atoms with Crippen molar-refractivity contribution in [1.82, 2.24) is 10.2 Å². The molecule has 0 bridgehead atoms. The van der Waals surface area contributed by atoms with E-state index >= 15 is 0 Å². The van der Waals surface area contributed by atoms with Gasteiger partial charge in [0.1, 0.15) is 0 Å². The zero-order valence-corrected chi connectivity index (χ0v) is 16.5. The summed E-state index contributed by atoms with van der Waals surface area (Å²) in [5, 5.41) is 13.6. The number of nitrogens with one attached hydrogen (secondary N) is 1. The molecule has 0 saturated heterocycles. The summed E-state index contributed by atoms with van der Waals surface area (Å²) in [6.45, 7) is 2.61. The van der Waals surface area contributed by atoms with E-state index in [4.69, 9.17) is 4.74 Å². The van der Waals surface area contributed by atoms with Crippen LogP contribution in [0.2, 0.25) is 0 Å². The van der Waals surface area contributed by atoms with Gasteiger partial charge in [-0.2, -0.15) is 0 Å². The highest BCUT2D eigenvalue weighted by molar-refractivity contribution is 5.31. The number of rotatable bonds is 9. The lowest BCUT2D eigenvalue weighted by Gasteiger charge is -2.26. The topological polar surface area (TPSA) is 44.7 Å². The zero-order valence-electron chi connectivity index (χ0n) is 16.5. The second-order valence-corrected chi connectivity index (χ2v) is 7.75. The SMILES string of the molecule is CN(C)Cc1ccc(CNCC(O)COC2CCCc3ccccc32)cc1. The predicted molar refractivity (Wildman–Crippen MR) is 110 cm³/mol. The highest BCUT2D eigenvalue weighted by Gasteiger charge is 2.21. The lowest BCUT2D eigenvalue weighted by molar-refractivity contribution is -0.0167. The lowest BCUT2D eigenvalue weighted by atomic mass is 9.89. The summed E-state index contributed by atoms with van der Waals surface area (Å²) >= 11 is 0. The fraction of sp³-hybridized carbons (Fsp3) is 0.478. The van der Waals surface area contributed by atoms with Crippen molar-refractivity contribution >= 4 is 0 Å². The maximum atomic E-state index is 10.3. The van der Waals surface area contributed by atoms with Gasteiger partial charge in [-0.3, -0.25) is 0 Å². The second kappa shape index (κ2) is 10.00. The third-order valence-electron chi connectivity index (χ3n) is 5.04. The Balaban J connectivity index is 1.38. The third-order valence-corrected chi connectivity index (χ3v) is 5.04. The molecule has 0 fully saturated rings. The molecule has 0 aliphatic heterocycles. The van der Waals surface area contributed by atoms with Crippen molar-refractivity contribution in [3.05, 3.63) is 70.8 Å². The highest BCUT2D eigenvalue weighted by atomic mass is 16.5. The maximum Gasteiger partial charge on any atom is 0.0898 e. The first-order chi connectivity index (χ1) is 13.1. The molecule has 2 N–H and O–H groups in total. The number of nitrogens with zero attached hydrogens (tertiary/aromatic N) is 1. The van der Waals surface area contributed by atoms with E-state index in [0.29, 0.717) is 13.2 Å². The average Bonchev–Trinajstić information content (AvgIpc) is 2.67. The minimum Gasteiger partial charge on any atom is -0.389 e. The maximum absolute atomic E-state index is 10.3. The normalized spacial score (nSPS) is 17.7. The molecule has 146 valence electrons. The molecule has 0 spiro atoms. The number of benzene rings is 2. The highest BCUT2D eigenvalue weighted by Crippen LogP contribution is 2.32. The molecule has 0 heterocycles. The van der Waals surface area contributed by atoms with Crippen LogP contribution in [0.5, 0.6) is 0 Å². The standard InChI is InChI=1S/C23H32N2O2/c1-25(2)16-19-12-10-18(11-13-19)14-24-15-21(26)17-27-23-9-5-7-20-6-3-4-8-22(20)23/h3-4,6,8,10-13,21,23-24,26H,5,7,9,14-17H2,1-2H3. The molecule has 1 aliphatic rings. The molecule has 0 amide bonds. The Morgan fingerprint density at radius 2 is 1.85 bits per heavy atom. The predicted octanol–water partition coefficient (Wildman–Crippen LogP) is 3.29. The monoisotopic (exact) mass is 368 g/mol. The molecule has 0 aromatic heterocycles.